The Labute approximate surface area is 229 Å². The predicted octanol–water partition coefficient (Wildman–Crippen LogP) is 1.76. The van der Waals surface area contributed by atoms with E-state index in [-0.39, 0.29) is 28.6 Å². The standard InChI is InChI=1S/C30H39N3O6/c1-14(2)13-33-9-7-15(8-10-33)17-5-6-20(34)22-18(17)11-16-12-19-23(27(36)21(16)26(22)35)28(37)24(30(31)39)29(38)25(19)32(3)4/h5-7,14,16,19,23-25,29,34-35,38H,8-13H2,1-4H3,(H2,31,39). The number of carbonyl (C=O) groups is 3. The first-order valence-corrected chi connectivity index (χ1v) is 13.8. The molecule has 39 heavy (non-hydrogen) atoms. The van der Waals surface area contributed by atoms with Gasteiger partial charge in [-0.3, -0.25) is 19.3 Å². The molecule has 6 atom stereocenters. The van der Waals surface area contributed by atoms with E-state index in [1.54, 1.807) is 25.1 Å². The van der Waals surface area contributed by atoms with Gasteiger partial charge in [0.05, 0.1) is 17.6 Å². The second-order valence-electron chi connectivity index (χ2n) is 12.3. The van der Waals surface area contributed by atoms with Crippen LogP contribution < -0.4 is 5.73 Å². The molecule has 1 aliphatic heterocycles. The maximum atomic E-state index is 13.9. The molecule has 2 saturated carbocycles. The van der Waals surface area contributed by atoms with E-state index in [1.807, 2.05) is 6.07 Å². The number of aliphatic hydroxyl groups excluding tert-OH is 2. The first-order chi connectivity index (χ1) is 18.4. The predicted molar refractivity (Wildman–Crippen MR) is 146 cm³/mol. The summed E-state index contributed by atoms with van der Waals surface area (Å²) >= 11 is 0. The maximum absolute atomic E-state index is 13.9. The number of benzene rings is 1. The van der Waals surface area contributed by atoms with E-state index in [0.717, 1.165) is 42.8 Å². The van der Waals surface area contributed by atoms with Crippen molar-refractivity contribution in [3.05, 3.63) is 40.5 Å². The van der Waals surface area contributed by atoms with Gasteiger partial charge in [-0.15, -0.1) is 0 Å². The number of allylic oxidation sites excluding steroid dienone is 1. The van der Waals surface area contributed by atoms with Crippen LogP contribution in [0, 0.1) is 29.6 Å². The molecule has 5 rings (SSSR count). The molecule has 4 aliphatic rings. The van der Waals surface area contributed by atoms with Gasteiger partial charge in [0.15, 0.2) is 11.6 Å². The van der Waals surface area contributed by atoms with Gasteiger partial charge in [-0.25, -0.2) is 0 Å². The van der Waals surface area contributed by atoms with Crippen LogP contribution in [-0.2, 0) is 20.8 Å². The molecule has 0 radical (unpaired) electrons. The van der Waals surface area contributed by atoms with E-state index >= 15 is 0 Å². The molecule has 1 aromatic carbocycles. The molecule has 1 aromatic rings. The number of rotatable bonds is 5. The summed E-state index contributed by atoms with van der Waals surface area (Å²) < 4.78 is 0. The molecule has 2 fully saturated rings. The number of likely N-dealkylation sites (N-methyl/N-ethyl adjacent to an activating group) is 1. The largest absolute Gasteiger partial charge is 0.507 e. The number of primary amides is 1. The van der Waals surface area contributed by atoms with Crippen LogP contribution in [0.1, 0.15) is 43.4 Å². The fourth-order valence-corrected chi connectivity index (χ4v) is 7.56. The number of aliphatic hydroxyl groups is 2. The summed E-state index contributed by atoms with van der Waals surface area (Å²) in [5.74, 6) is -5.63. The number of ketones is 2. The van der Waals surface area contributed by atoms with Crippen LogP contribution >= 0.6 is 0 Å². The van der Waals surface area contributed by atoms with E-state index in [9.17, 15) is 29.7 Å². The van der Waals surface area contributed by atoms with Crippen LogP contribution in [0.25, 0.3) is 11.3 Å². The number of aromatic hydroxyl groups is 1. The van der Waals surface area contributed by atoms with Gasteiger partial charge in [-0.05, 0) is 73.9 Å². The van der Waals surface area contributed by atoms with Crippen molar-refractivity contribution in [2.75, 3.05) is 33.7 Å². The minimum absolute atomic E-state index is 0.114. The van der Waals surface area contributed by atoms with Gasteiger partial charge in [-0.1, -0.05) is 26.0 Å². The van der Waals surface area contributed by atoms with Gasteiger partial charge in [0.25, 0.3) is 0 Å². The molecule has 0 bridgehead atoms. The molecule has 1 heterocycles. The molecular weight excluding hydrogens is 498 g/mol. The van der Waals surface area contributed by atoms with Gasteiger partial charge in [0.1, 0.15) is 17.4 Å². The number of phenolic OH excluding ortho intramolecular Hbond substituents is 1. The number of fused-ring (bicyclic) bond motifs is 3. The lowest BCUT2D eigenvalue weighted by Crippen LogP contribution is -2.64. The van der Waals surface area contributed by atoms with Crippen LogP contribution in [0.15, 0.2) is 23.8 Å². The quantitative estimate of drug-likeness (QED) is 0.416. The normalized spacial score (nSPS) is 31.2. The maximum Gasteiger partial charge on any atom is 0.230 e. The lowest BCUT2D eigenvalue weighted by molar-refractivity contribution is -0.157. The molecular formula is C30H39N3O6. The van der Waals surface area contributed by atoms with Gasteiger partial charge in [0.2, 0.25) is 5.91 Å². The second-order valence-corrected chi connectivity index (χ2v) is 12.3. The van der Waals surface area contributed by atoms with Gasteiger partial charge >= 0.3 is 0 Å². The van der Waals surface area contributed by atoms with Gasteiger partial charge < -0.3 is 26.0 Å². The first-order valence-electron chi connectivity index (χ1n) is 13.8. The van der Waals surface area contributed by atoms with Gasteiger partial charge in [0, 0.05) is 31.2 Å². The van der Waals surface area contributed by atoms with Crippen LogP contribution in [-0.4, -0.2) is 88.5 Å². The molecule has 210 valence electrons. The number of hydrogen-bond donors (Lipinski definition) is 4. The second kappa shape index (κ2) is 10.2. The Bertz CT molecular complexity index is 1280. The highest BCUT2D eigenvalue weighted by Crippen LogP contribution is 2.51. The molecule has 0 spiro atoms. The fraction of sp³-hybridized carbons (Fsp3) is 0.567. The lowest BCUT2D eigenvalue weighted by Gasteiger charge is -2.50. The summed E-state index contributed by atoms with van der Waals surface area (Å²) in [7, 11) is 3.49. The molecule has 3 aliphatic carbocycles. The Morgan fingerprint density at radius 3 is 2.51 bits per heavy atom. The number of Topliss-reactive ketones (excluding diaryl/α,β-unsaturated/α-hetero) is 2. The van der Waals surface area contributed by atoms with Crippen LogP contribution in [0.4, 0.5) is 0 Å². The Hall–Kier alpha value is -3.01. The Morgan fingerprint density at radius 1 is 1.21 bits per heavy atom. The summed E-state index contributed by atoms with van der Waals surface area (Å²) in [4.78, 5) is 43.6. The zero-order chi connectivity index (χ0) is 28.3. The third kappa shape index (κ3) is 4.50. The van der Waals surface area contributed by atoms with Crippen LogP contribution in [0.5, 0.6) is 5.75 Å². The fourth-order valence-electron chi connectivity index (χ4n) is 7.56. The smallest absolute Gasteiger partial charge is 0.230 e. The molecule has 0 aromatic heterocycles. The topological polar surface area (TPSA) is 144 Å². The van der Waals surface area contributed by atoms with E-state index in [4.69, 9.17) is 5.73 Å². The van der Waals surface area contributed by atoms with E-state index < -0.39 is 47.4 Å². The van der Waals surface area contributed by atoms with Gasteiger partial charge in [-0.2, -0.15) is 0 Å². The van der Waals surface area contributed by atoms with E-state index in [0.29, 0.717) is 18.8 Å². The van der Waals surface area contributed by atoms with Crippen molar-refractivity contribution >= 4 is 28.8 Å². The molecule has 9 nitrogen and oxygen atoms in total. The van der Waals surface area contributed by atoms with Crippen molar-refractivity contribution in [1.29, 1.82) is 0 Å². The van der Waals surface area contributed by atoms with Crippen molar-refractivity contribution < 1.29 is 29.7 Å². The minimum atomic E-state index is -1.49. The molecule has 1 amide bonds. The van der Waals surface area contributed by atoms with Crippen LogP contribution in [0.2, 0.25) is 0 Å². The third-order valence-corrected chi connectivity index (χ3v) is 9.08. The highest BCUT2D eigenvalue weighted by Gasteiger charge is 2.59. The molecule has 0 saturated heterocycles. The zero-order valence-corrected chi connectivity index (χ0v) is 23.1. The van der Waals surface area contributed by atoms with Crippen molar-refractivity contribution in [3.8, 4) is 5.75 Å². The van der Waals surface area contributed by atoms with E-state index in [2.05, 4.69) is 24.8 Å². The number of nitrogens with two attached hydrogens (primary N) is 1. The van der Waals surface area contributed by atoms with Crippen molar-refractivity contribution in [1.82, 2.24) is 9.80 Å². The van der Waals surface area contributed by atoms with Crippen molar-refractivity contribution in [3.63, 3.8) is 0 Å². The number of nitrogens with zero attached hydrogens (tertiary/aromatic N) is 2. The third-order valence-electron chi connectivity index (χ3n) is 9.08. The molecule has 5 N–H and O–H groups in total. The summed E-state index contributed by atoms with van der Waals surface area (Å²) in [6.45, 7) is 7.17. The minimum Gasteiger partial charge on any atom is -0.507 e. The van der Waals surface area contributed by atoms with Crippen LogP contribution in [0.3, 0.4) is 0 Å². The number of phenols is 1. The summed E-state index contributed by atoms with van der Waals surface area (Å²) in [6.07, 6.45) is 2.52. The van der Waals surface area contributed by atoms with E-state index in [1.165, 1.54) is 0 Å². The monoisotopic (exact) mass is 537 g/mol. The zero-order valence-electron chi connectivity index (χ0n) is 23.1. The summed E-state index contributed by atoms with van der Waals surface area (Å²) in [5.41, 5.74) is 8.78. The number of amides is 1. The molecule has 9 heteroatoms. The highest BCUT2D eigenvalue weighted by atomic mass is 16.3. The Morgan fingerprint density at radius 2 is 1.92 bits per heavy atom. The summed E-state index contributed by atoms with van der Waals surface area (Å²) in [5, 5.41) is 33.3. The SMILES string of the molecule is CC(C)CN1CC=C(c2ccc(O)c3c2CC2CC4C(C(=O)C2=C3O)C(=O)C(C(N)=O)C(O)C4N(C)C)CC1. The number of hydrogen-bond acceptors (Lipinski definition) is 8. The lowest BCUT2D eigenvalue weighted by atomic mass is 9.56. The highest BCUT2D eigenvalue weighted by molar-refractivity contribution is 6.19. The number of carbonyl (C=O) groups excluding carboxylic acids is 3. The van der Waals surface area contributed by atoms with Crippen molar-refractivity contribution in [2.24, 2.45) is 35.3 Å². The van der Waals surface area contributed by atoms with Crippen molar-refractivity contribution in [2.45, 2.75) is 45.3 Å². The average molecular weight is 538 g/mol. The average Bonchev–Trinajstić information content (AvgIpc) is 2.83. The Kier molecular flexibility index (Phi) is 7.20. The summed E-state index contributed by atoms with van der Waals surface area (Å²) in [6, 6.07) is 2.81. The first kappa shape index (κ1) is 27.6. The Balaban J connectivity index is 1.57. The molecule has 6 unspecified atom stereocenters.